The number of amides is 1. The third-order valence-electron chi connectivity index (χ3n) is 3.23. The Kier molecular flexibility index (Phi) is 5.20. The normalized spacial score (nSPS) is 12.5. The maximum absolute atomic E-state index is 11.0. The molecule has 0 bridgehead atoms. The van der Waals surface area contributed by atoms with E-state index < -0.39 is 0 Å². The van der Waals surface area contributed by atoms with Gasteiger partial charge in [-0.05, 0) is 29.4 Å². The molecule has 0 spiro atoms. The number of hydrogen-bond donors (Lipinski definition) is 1. The lowest BCUT2D eigenvalue weighted by Crippen LogP contribution is -2.20. The van der Waals surface area contributed by atoms with Crippen LogP contribution in [0.4, 0.5) is 0 Å². The van der Waals surface area contributed by atoms with Gasteiger partial charge >= 0.3 is 0 Å². The van der Waals surface area contributed by atoms with Crippen molar-refractivity contribution >= 4 is 5.91 Å². The van der Waals surface area contributed by atoms with Crippen LogP contribution in [-0.2, 0) is 11.3 Å². The molecule has 2 nitrogen and oxygen atoms in total. The monoisotopic (exact) mass is 233 g/mol. The molecule has 0 saturated carbocycles. The molecule has 1 atom stereocenters. The van der Waals surface area contributed by atoms with Crippen LogP contribution in [0, 0.1) is 5.92 Å². The molecule has 0 aliphatic heterocycles. The highest BCUT2D eigenvalue weighted by molar-refractivity contribution is 5.72. The maximum atomic E-state index is 11.0. The Hall–Kier alpha value is -1.31. The van der Waals surface area contributed by atoms with E-state index in [4.69, 9.17) is 0 Å². The standard InChI is InChI=1S/C15H23NO/c1-5-14(11(2)3)15-9-7-6-8-13(15)10-16-12(4)17/h6-9,11,14H,5,10H2,1-4H3,(H,16,17). The number of hydrogen-bond acceptors (Lipinski definition) is 1. The molecule has 0 saturated heterocycles. The average Bonchev–Trinajstić information content (AvgIpc) is 2.28. The Morgan fingerprint density at radius 3 is 2.47 bits per heavy atom. The molecule has 1 N–H and O–H groups in total. The zero-order valence-corrected chi connectivity index (χ0v) is 11.3. The van der Waals surface area contributed by atoms with Crippen molar-refractivity contribution in [2.45, 2.75) is 46.6 Å². The first kappa shape index (κ1) is 13.8. The van der Waals surface area contributed by atoms with Crippen LogP contribution < -0.4 is 5.32 Å². The second-order valence-electron chi connectivity index (χ2n) is 4.87. The largest absolute Gasteiger partial charge is 0.352 e. The van der Waals surface area contributed by atoms with Crippen molar-refractivity contribution in [3.05, 3.63) is 35.4 Å². The van der Waals surface area contributed by atoms with Crippen LogP contribution in [0.2, 0.25) is 0 Å². The van der Waals surface area contributed by atoms with Gasteiger partial charge in [-0.2, -0.15) is 0 Å². The molecule has 1 aromatic rings. The summed E-state index contributed by atoms with van der Waals surface area (Å²) in [7, 11) is 0. The Morgan fingerprint density at radius 1 is 1.29 bits per heavy atom. The molecule has 1 rings (SSSR count). The number of benzene rings is 1. The van der Waals surface area contributed by atoms with Gasteiger partial charge in [0.2, 0.25) is 5.91 Å². The SMILES string of the molecule is CCC(c1ccccc1CNC(C)=O)C(C)C. The Bertz CT molecular complexity index is 371. The third-order valence-corrected chi connectivity index (χ3v) is 3.23. The van der Waals surface area contributed by atoms with Crippen molar-refractivity contribution in [1.82, 2.24) is 5.32 Å². The lowest BCUT2D eigenvalue weighted by atomic mass is 9.84. The zero-order valence-electron chi connectivity index (χ0n) is 11.3. The van der Waals surface area contributed by atoms with Crippen LogP contribution in [0.3, 0.4) is 0 Å². The highest BCUT2D eigenvalue weighted by atomic mass is 16.1. The summed E-state index contributed by atoms with van der Waals surface area (Å²) in [5.74, 6) is 1.22. The minimum Gasteiger partial charge on any atom is -0.352 e. The molecule has 0 aliphatic rings. The van der Waals surface area contributed by atoms with Crippen LogP contribution in [0.5, 0.6) is 0 Å². The average molecular weight is 233 g/mol. The lowest BCUT2D eigenvalue weighted by molar-refractivity contribution is -0.119. The Labute approximate surface area is 104 Å². The lowest BCUT2D eigenvalue weighted by Gasteiger charge is -2.22. The van der Waals surface area contributed by atoms with E-state index in [2.05, 4.69) is 44.3 Å². The van der Waals surface area contributed by atoms with E-state index in [-0.39, 0.29) is 5.91 Å². The summed E-state index contributed by atoms with van der Waals surface area (Å²) >= 11 is 0. The molecule has 0 heterocycles. The van der Waals surface area contributed by atoms with Gasteiger partial charge in [0.05, 0.1) is 0 Å². The van der Waals surface area contributed by atoms with Crippen LogP contribution in [0.1, 0.15) is 51.2 Å². The third kappa shape index (κ3) is 3.88. The predicted octanol–water partition coefficient (Wildman–Crippen LogP) is 3.47. The quantitative estimate of drug-likeness (QED) is 0.829. The summed E-state index contributed by atoms with van der Waals surface area (Å²) in [6, 6.07) is 8.41. The van der Waals surface area contributed by atoms with Gasteiger partial charge in [-0.1, -0.05) is 45.0 Å². The smallest absolute Gasteiger partial charge is 0.217 e. The molecule has 0 fully saturated rings. The minimum atomic E-state index is 0.0254. The van der Waals surface area contributed by atoms with Crippen molar-refractivity contribution in [1.29, 1.82) is 0 Å². The molecule has 0 aromatic heterocycles. The minimum absolute atomic E-state index is 0.0254. The van der Waals surface area contributed by atoms with E-state index in [0.717, 1.165) is 6.42 Å². The fraction of sp³-hybridized carbons (Fsp3) is 0.533. The molecular formula is C15H23NO. The first-order valence-corrected chi connectivity index (χ1v) is 6.38. The van der Waals surface area contributed by atoms with Crippen molar-refractivity contribution in [2.75, 3.05) is 0 Å². The van der Waals surface area contributed by atoms with E-state index in [0.29, 0.717) is 18.4 Å². The van der Waals surface area contributed by atoms with Gasteiger partial charge in [0.25, 0.3) is 0 Å². The fourth-order valence-corrected chi connectivity index (χ4v) is 2.33. The van der Waals surface area contributed by atoms with Gasteiger partial charge in [0.15, 0.2) is 0 Å². The van der Waals surface area contributed by atoms with Gasteiger partial charge in [-0.3, -0.25) is 4.79 Å². The van der Waals surface area contributed by atoms with E-state index in [9.17, 15) is 4.79 Å². The van der Waals surface area contributed by atoms with Crippen LogP contribution in [-0.4, -0.2) is 5.91 Å². The highest BCUT2D eigenvalue weighted by Crippen LogP contribution is 2.30. The summed E-state index contributed by atoms with van der Waals surface area (Å²) in [5, 5.41) is 2.88. The molecule has 2 heteroatoms. The van der Waals surface area contributed by atoms with E-state index in [1.165, 1.54) is 11.1 Å². The van der Waals surface area contributed by atoms with Crippen molar-refractivity contribution in [2.24, 2.45) is 5.92 Å². The van der Waals surface area contributed by atoms with Crippen molar-refractivity contribution in [3.63, 3.8) is 0 Å². The highest BCUT2D eigenvalue weighted by Gasteiger charge is 2.16. The van der Waals surface area contributed by atoms with Crippen LogP contribution >= 0.6 is 0 Å². The van der Waals surface area contributed by atoms with Crippen LogP contribution in [0.15, 0.2) is 24.3 Å². The zero-order chi connectivity index (χ0) is 12.8. The Morgan fingerprint density at radius 2 is 1.94 bits per heavy atom. The molecule has 94 valence electrons. The molecule has 1 amide bonds. The number of carbonyl (C=O) groups excluding carboxylic acids is 1. The second-order valence-corrected chi connectivity index (χ2v) is 4.87. The van der Waals surface area contributed by atoms with Gasteiger partial charge in [-0.25, -0.2) is 0 Å². The van der Waals surface area contributed by atoms with E-state index in [1.54, 1.807) is 6.92 Å². The molecule has 0 radical (unpaired) electrons. The predicted molar refractivity (Wildman–Crippen MR) is 71.8 cm³/mol. The van der Waals surface area contributed by atoms with Gasteiger partial charge in [0.1, 0.15) is 0 Å². The summed E-state index contributed by atoms with van der Waals surface area (Å²) in [4.78, 5) is 11.0. The van der Waals surface area contributed by atoms with Crippen LogP contribution in [0.25, 0.3) is 0 Å². The second kappa shape index (κ2) is 6.43. The van der Waals surface area contributed by atoms with Crippen molar-refractivity contribution in [3.8, 4) is 0 Å². The number of carbonyl (C=O) groups is 1. The number of rotatable bonds is 5. The first-order valence-electron chi connectivity index (χ1n) is 6.38. The topological polar surface area (TPSA) is 29.1 Å². The molecule has 0 aliphatic carbocycles. The Balaban J connectivity index is 2.93. The van der Waals surface area contributed by atoms with Crippen molar-refractivity contribution < 1.29 is 4.79 Å². The number of nitrogens with one attached hydrogen (secondary N) is 1. The summed E-state index contributed by atoms with van der Waals surface area (Å²) < 4.78 is 0. The van der Waals surface area contributed by atoms with Gasteiger partial charge in [0, 0.05) is 13.5 Å². The van der Waals surface area contributed by atoms with Gasteiger partial charge < -0.3 is 5.32 Å². The van der Waals surface area contributed by atoms with Gasteiger partial charge in [-0.15, -0.1) is 0 Å². The van der Waals surface area contributed by atoms with E-state index >= 15 is 0 Å². The maximum Gasteiger partial charge on any atom is 0.217 e. The fourth-order valence-electron chi connectivity index (χ4n) is 2.33. The van der Waals surface area contributed by atoms with E-state index in [1.807, 2.05) is 6.07 Å². The molecule has 1 unspecified atom stereocenters. The summed E-state index contributed by atoms with van der Waals surface area (Å²) in [6.45, 7) is 8.92. The molecule has 17 heavy (non-hydrogen) atoms. The summed E-state index contributed by atoms with van der Waals surface area (Å²) in [5.41, 5.74) is 2.61. The molecular weight excluding hydrogens is 210 g/mol. The molecule has 1 aromatic carbocycles. The summed E-state index contributed by atoms with van der Waals surface area (Å²) in [6.07, 6.45) is 1.13. The first-order chi connectivity index (χ1) is 8.06.